The zero-order valence-corrected chi connectivity index (χ0v) is 22.6. The van der Waals surface area contributed by atoms with Gasteiger partial charge in [0.15, 0.2) is 0 Å². The van der Waals surface area contributed by atoms with Gasteiger partial charge in [0.2, 0.25) is 0 Å². The van der Waals surface area contributed by atoms with Crippen LogP contribution in [0.15, 0.2) is 77.9 Å². The Morgan fingerprint density at radius 2 is 1.80 bits per heavy atom. The Kier molecular flexibility index (Phi) is 7.20. The van der Waals surface area contributed by atoms with Gasteiger partial charge in [-0.05, 0) is 97.9 Å². The summed E-state index contributed by atoms with van der Waals surface area (Å²) in [6.45, 7) is 2.16. The SMILES string of the molecule is CC1CC=CN=CN1c1ccc2nc(-c3ccc(-c4ccc(C5CCC(CC(=O)O)CC5)cc4)cc3F)[nH]c2c1. The fourth-order valence-corrected chi connectivity index (χ4v) is 6.04. The number of anilines is 1. The number of nitrogens with one attached hydrogen (secondary N) is 1. The fourth-order valence-electron chi connectivity index (χ4n) is 6.04. The van der Waals surface area contributed by atoms with Gasteiger partial charge in [-0.25, -0.2) is 14.4 Å². The second kappa shape index (κ2) is 11.1. The molecule has 0 saturated heterocycles. The maximum atomic E-state index is 15.4. The topological polar surface area (TPSA) is 81.6 Å². The zero-order valence-electron chi connectivity index (χ0n) is 22.6. The largest absolute Gasteiger partial charge is 0.481 e. The summed E-state index contributed by atoms with van der Waals surface area (Å²) in [4.78, 5) is 25.4. The first-order valence-corrected chi connectivity index (χ1v) is 14.0. The first-order chi connectivity index (χ1) is 19.4. The van der Waals surface area contributed by atoms with Crippen LogP contribution in [-0.2, 0) is 4.79 Å². The first-order valence-electron chi connectivity index (χ1n) is 14.0. The van der Waals surface area contributed by atoms with Crippen molar-refractivity contribution < 1.29 is 14.3 Å². The molecule has 6 nitrogen and oxygen atoms in total. The zero-order chi connectivity index (χ0) is 27.6. The number of H-pyrrole nitrogens is 1. The maximum Gasteiger partial charge on any atom is 0.303 e. The van der Waals surface area contributed by atoms with Crippen LogP contribution in [0.25, 0.3) is 33.5 Å². The number of carbonyl (C=O) groups is 1. The number of benzene rings is 3. The van der Waals surface area contributed by atoms with Gasteiger partial charge < -0.3 is 15.0 Å². The third-order valence-corrected chi connectivity index (χ3v) is 8.35. The number of aromatic amines is 1. The lowest BCUT2D eigenvalue weighted by atomic mass is 9.77. The van der Waals surface area contributed by atoms with Crippen molar-refractivity contribution in [3.63, 3.8) is 0 Å². The third-order valence-electron chi connectivity index (χ3n) is 8.35. The van der Waals surface area contributed by atoms with Crippen molar-refractivity contribution in [2.75, 3.05) is 4.90 Å². The molecule has 0 spiro atoms. The number of carboxylic acid groups (broad SMARTS) is 1. The van der Waals surface area contributed by atoms with E-state index in [0.717, 1.165) is 60.0 Å². The number of aliphatic carboxylic acids is 1. The van der Waals surface area contributed by atoms with E-state index in [4.69, 9.17) is 5.11 Å². The molecule has 2 N–H and O–H groups in total. The van der Waals surface area contributed by atoms with Crippen LogP contribution in [0.3, 0.4) is 0 Å². The number of fused-ring (bicyclic) bond motifs is 1. The van der Waals surface area contributed by atoms with E-state index in [2.05, 4.69) is 57.1 Å². The number of halogens is 1. The monoisotopic (exact) mass is 536 g/mol. The Hall–Kier alpha value is -4.26. The van der Waals surface area contributed by atoms with Crippen molar-refractivity contribution in [2.45, 2.75) is 57.4 Å². The second-order valence-corrected chi connectivity index (χ2v) is 11.1. The summed E-state index contributed by atoms with van der Waals surface area (Å²) >= 11 is 0. The minimum absolute atomic E-state index is 0.271. The van der Waals surface area contributed by atoms with E-state index in [0.29, 0.717) is 23.2 Å². The van der Waals surface area contributed by atoms with Gasteiger partial charge in [0.1, 0.15) is 11.6 Å². The number of imidazole rings is 1. The highest BCUT2D eigenvalue weighted by Crippen LogP contribution is 2.38. The van der Waals surface area contributed by atoms with Crippen LogP contribution in [0.4, 0.5) is 10.1 Å². The molecular formula is C33H33FN4O2. The molecule has 1 aromatic heterocycles. The Balaban J connectivity index is 1.18. The Morgan fingerprint density at radius 1 is 1.02 bits per heavy atom. The van der Waals surface area contributed by atoms with Gasteiger partial charge in [0.25, 0.3) is 0 Å². The van der Waals surface area contributed by atoms with E-state index in [1.165, 1.54) is 5.56 Å². The summed E-state index contributed by atoms with van der Waals surface area (Å²) in [6.07, 6.45) is 10.8. The Morgan fingerprint density at radius 3 is 2.55 bits per heavy atom. The molecule has 1 atom stereocenters. The number of carboxylic acids is 1. The highest BCUT2D eigenvalue weighted by molar-refractivity contribution is 5.88. The van der Waals surface area contributed by atoms with Crippen LogP contribution in [0.5, 0.6) is 0 Å². The normalized spacial score (nSPS) is 21.1. The molecule has 3 aromatic carbocycles. The summed E-state index contributed by atoms with van der Waals surface area (Å²) in [7, 11) is 0. The predicted octanol–water partition coefficient (Wildman–Crippen LogP) is 7.93. The number of aliphatic imine (C=N–C) groups is 1. The highest BCUT2D eigenvalue weighted by Gasteiger charge is 2.24. The molecule has 1 aliphatic heterocycles. The lowest BCUT2D eigenvalue weighted by Crippen LogP contribution is -2.30. The molecule has 2 heterocycles. The highest BCUT2D eigenvalue weighted by atomic mass is 19.1. The van der Waals surface area contributed by atoms with E-state index >= 15 is 4.39 Å². The van der Waals surface area contributed by atoms with Crippen LogP contribution in [0, 0.1) is 11.7 Å². The van der Waals surface area contributed by atoms with E-state index in [1.54, 1.807) is 12.1 Å². The number of rotatable bonds is 6. The molecule has 1 fully saturated rings. The van der Waals surface area contributed by atoms with Crippen molar-refractivity contribution in [1.29, 1.82) is 0 Å². The van der Waals surface area contributed by atoms with Gasteiger partial charge in [-0.2, -0.15) is 0 Å². The molecule has 0 bridgehead atoms. The van der Waals surface area contributed by atoms with Gasteiger partial charge in [0.05, 0.1) is 22.9 Å². The van der Waals surface area contributed by atoms with Crippen LogP contribution in [0.1, 0.15) is 56.9 Å². The summed E-state index contributed by atoms with van der Waals surface area (Å²) in [5, 5.41) is 9.05. The van der Waals surface area contributed by atoms with E-state index in [-0.39, 0.29) is 18.3 Å². The molecule has 1 aliphatic carbocycles. The maximum absolute atomic E-state index is 15.4. The molecular weight excluding hydrogens is 503 g/mol. The van der Waals surface area contributed by atoms with E-state index in [9.17, 15) is 4.79 Å². The summed E-state index contributed by atoms with van der Waals surface area (Å²) in [6, 6.07) is 20.0. The Labute approximate surface area is 233 Å². The molecule has 0 amide bonds. The van der Waals surface area contributed by atoms with Gasteiger partial charge in [-0.15, -0.1) is 0 Å². The average Bonchev–Trinajstić information content (AvgIpc) is 3.26. The van der Waals surface area contributed by atoms with Gasteiger partial charge in [0, 0.05) is 24.4 Å². The molecule has 0 radical (unpaired) electrons. The van der Waals surface area contributed by atoms with Crippen molar-refractivity contribution in [3.05, 3.63) is 84.3 Å². The molecule has 1 saturated carbocycles. The molecule has 7 heteroatoms. The van der Waals surface area contributed by atoms with Crippen molar-refractivity contribution >= 4 is 29.0 Å². The number of nitrogens with zero attached hydrogens (tertiary/aromatic N) is 3. The number of hydrogen-bond acceptors (Lipinski definition) is 4. The molecule has 1 unspecified atom stereocenters. The third kappa shape index (κ3) is 5.41. The summed E-state index contributed by atoms with van der Waals surface area (Å²) in [5.41, 5.74) is 6.13. The quantitative estimate of drug-likeness (QED) is 0.262. The van der Waals surface area contributed by atoms with Crippen LogP contribution in [0.2, 0.25) is 0 Å². The smallest absolute Gasteiger partial charge is 0.303 e. The van der Waals surface area contributed by atoms with Crippen LogP contribution >= 0.6 is 0 Å². The van der Waals surface area contributed by atoms with Crippen molar-refractivity contribution in [3.8, 4) is 22.5 Å². The molecule has 6 rings (SSSR count). The minimum Gasteiger partial charge on any atom is -0.481 e. The Bertz CT molecular complexity index is 1580. The predicted molar refractivity (Wildman–Crippen MR) is 158 cm³/mol. The van der Waals surface area contributed by atoms with Gasteiger partial charge in [-0.1, -0.05) is 36.4 Å². The lowest BCUT2D eigenvalue weighted by molar-refractivity contribution is -0.138. The molecule has 204 valence electrons. The number of aromatic nitrogens is 2. The van der Waals surface area contributed by atoms with Crippen LogP contribution < -0.4 is 4.90 Å². The van der Waals surface area contributed by atoms with Crippen LogP contribution in [-0.4, -0.2) is 33.4 Å². The average molecular weight is 537 g/mol. The molecule has 2 aliphatic rings. The van der Waals surface area contributed by atoms with E-state index < -0.39 is 5.97 Å². The standard InChI is InChI=1S/C33H33FN4O2/c1-21-3-2-16-35-20-38(21)27-13-15-30-31(19-27)37-33(36-30)28-14-12-26(18-29(28)34)25-10-8-24(9-11-25)23-6-4-22(5-7-23)17-32(39)40/h2,8-16,18-23H,3-7,17H2,1H3,(H,36,37)(H,39,40). The van der Waals surface area contributed by atoms with E-state index in [1.807, 2.05) is 36.8 Å². The lowest BCUT2D eigenvalue weighted by Gasteiger charge is -2.28. The van der Waals surface area contributed by atoms with Crippen molar-refractivity contribution in [2.24, 2.45) is 10.9 Å². The molecule has 40 heavy (non-hydrogen) atoms. The summed E-state index contributed by atoms with van der Waals surface area (Å²) in [5.74, 6) is 0.227. The van der Waals surface area contributed by atoms with Crippen molar-refractivity contribution in [1.82, 2.24) is 9.97 Å². The second-order valence-electron chi connectivity index (χ2n) is 11.1. The fraction of sp³-hybridized carbons (Fsp3) is 0.303. The molecule has 4 aromatic rings. The number of hydrogen-bond donors (Lipinski definition) is 2. The first kappa shape index (κ1) is 26.0. The summed E-state index contributed by atoms with van der Waals surface area (Å²) < 4.78 is 15.4. The van der Waals surface area contributed by atoms with Gasteiger partial charge in [-0.3, -0.25) is 4.79 Å². The minimum atomic E-state index is -0.702. The van der Waals surface area contributed by atoms with Gasteiger partial charge >= 0.3 is 5.97 Å².